The molecule has 0 aliphatic heterocycles. The van der Waals surface area contributed by atoms with E-state index < -0.39 is 16.6 Å². The van der Waals surface area contributed by atoms with Crippen LogP contribution in [0.1, 0.15) is 1.43 Å². The molecule has 0 rings (SSSR count). The zero-order valence-electron chi connectivity index (χ0n) is 5.92. The summed E-state index contributed by atoms with van der Waals surface area (Å²) in [6, 6.07) is 0. The van der Waals surface area contributed by atoms with Crippen LogP contribution in [0.3, 0.4) is 0 Å². The predicted molar refractivity (Wildman–Crippen MR) is 25.9 cm³/mol. The molecule has 0 aromatic carbocycles. The van der Waals surface area contributed by atoms with E-state index in [4.69, 9.17) is 32.5 Å². The van der Waals surface area contributed by atoms with Crippen LogP contribution in [0.4, 0.5) is 4.79 Å². The van der Waals surface area contributed by atoms with E-state index in [2.05, 4.69) is 0 Å². The summed E-state index contributed by atoms with van der Waals surface area (Å²) in [5.74, 6) is 0. The van der Waals surface area contributed by atoms with Gasteiger partial charge in [-0.2, -0.15) is 8.42 Å². The molecule has 0 amide bonds. The van der Waals surface area contributed by atoms with E-state index in [0.29, 0.717) is 0 Å². The third-order valence-corrected chi connectivity index (χ3v) is 0. The molecule has 0 bridgehead atoms. The van der Waals surface area contributed by atoms with Crippen molar-refractivity contribution >= 4 is 16.6 Å². The summed E-state index contributed by atoms with van der Waals surface area (Å²) in [7, 11) is -4.67. The Morgan fingerprint density at radius 2 is 1.20 bits per heavy atom. The SMILES string of the molecule is O=C(O)O.O=S(=O)(O)O.[H-].[K+]. The molecule has 0 atom stereocenters. The molecule has 0 saturated carbocycles. The van der Waals surface area contributed by atoms with Gasteiger partial charge in [0.15, 0.2) is 0 Å². The Morgan fingerprint density at radius 3 is 1.20 bits per heavy atom. The van der Waals surface area contributed by atoms with E-state index in [1.165, 1.54) is 0 Å². The minimum absolute atomic E-state index is 0. The number of hydrogen-bond donors (Lipinski definition) is 4. The summed E-state index contributed by atoms with van der Waals surface area (Å²) < 4.78 is 31.6. The number of carboxylic acid groups (broad SMARTS) is 2. The van der Waals surface area contributed by atoms with Crippen molar-refractivity contribution in [3.63, 3.8) is 0 Å². The zero-order chi connectivity index (χ0) is 8.08. The van der Waals surface area contributed by atoms with Gasteiger partial charge in [-0.15, -0.1) is 0 Å². The van der Waals surface area contributed by atoms with Crippen LogP contribution in [0.25, 0.3) is 0 Å². The van der Waals surface area contributed by atoms with E-state index in [9.17, 15) is 0 Å². The summed E-state index contributed by atoms with van der Waals surface area (Å²) in [6.07, 6.45) is -1.83. The third kappa shape index (κ3) is 881. The fourth-order valence-electron chi connectivity index (χ4n) is 0. The van der Waals surface area contributed by atoms with E-state index >= 15 is 0 Å². The Hall–Kier alpha value is 0.776. The molecule has 0 aliphatic rings. The van der Waals surface area contributed by atoms with E-state index in [1.54, 1.807) is 0 Å². The summed E-state index contributed by atoms with van der Waals surface area (Å²) in [5, 5.41) is 13.9. The minimum Gasteiger partial charge on any atom is -1.00 e. The molecule has 0 fully saturated rings. The molecule has 0 aromatic heterocycles. The van der Waals surface area contributed by atoms with Crippen molar-refractivity contribution in [2.75, 3.05) is 0 Å². The maximum atomic E-state index is 8.74. The van der Waals surface area contributed by atoms with Gasteiger partial charge in [-0.3, -0.25) is 9.11 Å². The first kappa shape index (κ1) is 17.0. The van der Waals surface area contributed by atoms with Gasteiger partial charge in [0.2, 0.25) is 0 Å². The summed E-state index contributed by atoms with van der Waals surface area (Å²) in [6.45, 7) is 0. The minimum atomic E-state index is -4.67. The van der Waals surface area contributed by atoms with Crippen molar-refractivity contribution in [2.24, 2.45) is 0 Å². The first-order valence-corrected chi connectivity index (χ1v) is 2.75. The molecule has 10 heavy (non-hydrogen) atoms. The average Bonchev–Trinajstić information content (AvgIpc) is 1.19. The van der Waals surface area contributed by atoms with Crippen molar-refractivity contribution in [1.29, 1.82) is 0 Å². The molecule has 0 spiro atoms. The van der Waals surface area contributed by atoms with Crippen molar-refractivity contribution in [1.82, 2.24) is 0 Å². The van der Waals surface area contributed by atoms with Crippen LogP contribution in [0.2, 0.25) is 0 Å². The summed E-state index contributed by atoms with van der Waals surface area (Å²) in [5.41, 5.74) is 0. The monoisotopic (exact) mass is 200 g/mol. The molecule has 4 N–H and O–H groups in total. The molecule has 0 aliphatic carbocycles. The smallest absolute Gasteiger partial charge is 1.00 e. The Bertz CT molecular complexity index is 161. The summed E-state index contributed by atoms with van der Waals surface area (Å²) in [4.78, 5) is 8.56. The molecule has 0 unspecified atom stereocenters. The van der Waals surface area contributed by atoms with E-state index in [0.717, 1.165) is 0 Å². The van der Waals surface area contributed by atoms with Gasteiger partial charge in [-0.05, 0) is 0 Å². The van der Waals surface area contributed by atoms with Crippen LogP contribution < -0.4 is 51.4 Å². The molecule has 7 nitrogen and oxygen atoms in total. The number of hydrogen-bond acceptors (Lipinski definition) is 3. The van der Waals surface area contributed by atoms with Crippen LogP contribution in [-0.4, -0.2) is 33.9 Å². The zero-order valence-corrected chi connectivity index (χ0v) is 8.86. The van der Waals surface area contributed by atoms with Crippen molar-refractivity contribution in [3.05, 3.63) is 0 Å². The molecule has 0 aromatic rings. The largest absolute Gasteiger partial charge is 1.00 e. The first-order valence-electron chi connectivity index (χ1n) is 1.35. The van der Waals surface area contributed by atoms with Gasteiger partial charge in [-0.25, -0.2) is 4.79 Å². The van der Waals surface area contributed by atoms with Crippen LogP contribution in [0.5, 0.6) is 0 Å². The van der Waals surface area contributed by atoms with Crippen LogP contribution >= 0.6 is 0 Å². The molecular weight excluding hydrogens is 195 g/mol. The topological polar surface area (TPSA) is 132 Å². The Morgan fingerprint density at radius 1 is 1.20 bits per heavy atom. The van der Waals surface area contributed by atoms with Crippen LogP contribution in [0, 0.1) is 0 Å². The quantitative estimate of drug-likeness (QED) is 0.237. The second-order valence-electron chi connectivity index (χ2n) is 0.730. The Balaban J connectivity index is -0.0000000383. The van der Waals surface area contributed by atoms with Crippen LogP contribution in [0.15, 0.2) is 0 Å². The van der Waals surface area contributed by atoms with Crippen molar-refractivity contribution in [3.8, 4) is 0 Å². The van der Waals surface area contributed by atoms with Crippen molar-refractivity contribution < 1.29 is 85.3 Å². The van der Waals surface area contributed by atoms with E-state index in [-0.39, 0.29) is 52.8 Å². The van der Waals surface area contributed by atoms with Gasteiger partial charge < -0.3 is 11.6 Å². The molecule has 9 heteroatoms. The summed E-state index contributed by atoms with van der Waals surface area (Å²) >= 11 is 0. The van der Waals surface area contributed by atoms with Gasteiger partial charge in [0.25, 0.3) is 0 Å². The molecule has 0 saturated heterocycles. The number of carbonyl (C=O) groups is 1. The van der Waals surface area contributed by atoms with Gasteiger partial charge >= 0.3 is 67.9 Å². The average molecular weight is 200 g/mol. The van der Waals surface area contributed by atoms with Crippen LogP contribution in [-0.2, 0) is 10.4 Å². The van der Waals surface area contributed by atoms with E-state index in [1.807, 2.05) is 0 Å². The fraction of sp³-hybridized carbons (Fsp3) is 0. The van der Waals surface area contributed by atoms with Gasteiger partial charge in [0.05, 0.1) is 0 Å². The fourth-order valence-corrected chi connectivity index (χ4v) is 0. The molecule has 0 heterocycles. The number of rotatable bonds is 0. The maximum absolute atomic E-state index is 8.74. The predicted octanol–water partition coefficient (Wildman–Crippen LogP) is -3.31. The third-order valence-electron chi connectivity index (χ3n) is 0. The Kier molecular flexibility index (Phi) is 13.4. The van der Waals surface area contributed by atoms with Gasteiger partial charge in [0, 0.05) is 0 Å². The van der Waals surface area contributed by atoms with Crippen molar-refractivity contribution in [2.45, 2.75) is 0 Å². The standard InChI is InChI=1S/CH2O3.K.H2O4S.H/c2-1(3)4;;1-5(2,3)4;/h(H2,2,3,4);;(H2,1,2,3,4);/q;+1;;-1. The molecular formula is CH5KO7S. The normalized spacial score (nSPS) is 8.20. The van der Waals surface area contributed by atoms with Gasteiger partial charge in [-0.1, -0.05) is 0 Å². The molecule has 0 radical (unpaired) electrons. The van der Waals surface area contributed by atoms with Gasteiger partial charge in [0.1, 0.15) is 0 Å². The first-order chi connectivity index (χ1) is 3.73. The Labute approximate surface area is 101 Å². The maximum Gasteiger partial charge on any atom is 1.00 e. The second-order valence-corrected chi connectivity index (χ2v) is 1.63. The molecule has 58 valence electrons. The second kappa shape index (κ2) is 7.88.